The first-order valence-electron chi connectivity index (χ1n) is 5.61. The number of unbranched alkanes of at least 4 members (excludes halogenated alkanes) is 3. The van der Waals surface area contributed by atoms with Crippen LogP contribution in [0.15, 0.2) is 0 Å². The number of ether oxygens (including phenoxy) is 2. The summed E-state index contributed by atoms with van der Waals surface area (Å²) in [4.78, 5) is 10.8. The van der Waals surface area contributed by atoms with Crippen molar-refractivity contribution in [2.45, 2.75) is 45.6 Å². The molecule has 0 rings (SSSR count). The highest BCUT2D eigenvalue weighted by Crippen LogP contribution is 1.98. The number of hydrogen-bond acceptors (Lipinski definition) is 4. The summed E-state index contributed by atoms with van der Waals surface area (Å²) in [5.74, 6) is -0.593. The van der Waals surface area contributed by atoms with Gasteiger partial charge in [0.15, 0.2) is 0 Å². The fourth-order valence-corrected chi connectivity index (χ4v) is 1.05. The van der Waals surface area contributed by atoms with Gasteiger partial charge in [0.1, 0.15) is 12.7 Å². The molecule has 0 aromatic rings. The molecule has 0 aliphatic heterocycles. The SMILES string of the molecule is CCCCCCOCCOC(=O)C(C)O. The number of rotatable bonds is 9. The van der Waals surface area contributed by atoms with Gasteiger partial charge >= 0.3 is 5.97 Å². The second-order valence-corrected chi connectivity index (χ2v) is 3.52. The van der Waals surface area contributed by atoms with Crippen LogP contribution < -0.4 is 0 Å². The van der Waals surface area contributed by atoms with E-state index < -0.39 is 12.1 Å². The molecule has 1 unspecified atom stereocenters. The minimum Gasteiger partial charge on any atom is -0.461 e. The van der Waals surface area contributed by atoms with Gasteiger partial charge in [-0.05, 0) is 13.3 Å². The third kappa shape index (κ3) is 9.69. The molecule has 0 aliphatic rings. The molecule has 0 fully saturated rings. The molecule has 4 nitrogen and oxygen atoms in total. The molecule has 0 aromatic carbocycles. The van der Waals surface area contributed by atoms with E-state index in [1.807, 2.05) is 0 Å². The third-order valence-corrected chi connectivity index (χ3v) is 1.96. The lowest BCUT2D eigenvalue weighted by Gasteiger charge is -2.07. The van der Waals surface area contributed by atoms with Crippen molar-refractivity contribution in [3.63, 3.8) is 0 Å². The Morgan fingerprint density at radius 2 is 1.93 bits per heavy atom. The summed E-state index contributed by atoms with van der Waals surface area (Å²) >= 11 is 0. The van der Waals surface area contributed by atoms with Gasteiger partial charge in [-0.2, -0.15) is 0 Å². The van der Waals surface area contributed by atoms with Crippen molar-refractivity contribution in [1.29, 1.82) is 0 Å². The first-order chi connectivity index (χ1) is 7.18. The number of hydrogen-bond donors (Lipinski definition) is 1. The molecule has 4 heteroatoms. The molecule has 0 radical (unpaired) electrons. The molecule has 0 spiro atoms. The van der Waals surface area contributed by atoms with E-state index in [0.717, 1.165) is 6.42 Å². The second kappa shape index (κ2) is 9.93. The largest absolute Gasteiger partial charge is 0.461 e. The topological polar surface area (TPSA) is 55.8 Å². The Labute approximate surface area is 91.6 Å². The van der Waals surface area contributed by atoms with Crippen LogP contribution in [0.25, 0.3) is 0 Å². The van der Waals surface area contributed by atoms with Crippen molar-refractivity contribution < 1.29 is 19.4 Å². The van der Waals surface area contributed by atoms with Crippen molar-refractivity contribution in [1.82, 2.24) is 0 Å². The Hall–Kier alpha value is -0.610. The van der Waals surface area contributed by atoms with E-state index in [-0.39, 0.29) is 6.61 Å². The minimum atomic E-state index is -1.05. The highest BCUT2D eigenvalue weighted by Gasteiger charge is 2.08. The van der Waals surface area contributed by atoms with Gasteiger partial charge in [-0.25, -0.2) is 4.79 Å². The Morgan fingerprint density at radius 3 is 2.53 bits per heavy atom. The lowest BCUT2D eigenvalue weighted by molar-refractivity contribution is -0.154. The molecule has 0 aromatic heterocycles. The van der Waals surface area contributed by atoms with Gasteiger partial charge in [-0.15, -0.1) is 0 Å². The molecule has 90 valence electrons. The molecule has 1 atom stereocenters. The monoisotopic (exact) mass is 218 g/mol. The molecule has 1 N–H and O–H groups in total. The molecular weight excluding hydrogens is 196 g/mol. The highest BCUT2D eigenvalue weighted by atomic mass is 16.6. The van der Waals surface area contributed by atoms with Crippen molar-refractivity contribution in [2.24, 2.45) is 0 Å². The normalized spacial score (nSPS) is 12.5. The van der Waals surface area contributed by atoms with E-state index in [1.165, 1.54) is 26.2 Å². The van der Waals surface area contributed by atoms with Gasteiger partial charge in [0.2, 0.25) is 0 Å². The predicted molar refractivity (Wildman–Crippen MR) is 57.6 cm³/mol. The zero-order valence-corrected chi connectivity index (χ0v) is 9.70. The standard InChI is InChI=1S/C11H22O4/c1-3-4-5-6-7-14-8-9-15-11(13)10(2)12/h10,12H,3-9H2,1-2H3. The fourth-order valence-electron chi connectivity index (χ4n) is 1.05. The van der Waals surface area contributed by atoms with E-state index in [2.05, 4.69) is 6.92 Å². The second-order valence-electron chi connectivity index (χ2n) is 3.52. The summed E-state index contributed by atoms with van der Waals surface area (Å²) in [5, 5.41) is 8.81. The number of aliphatic hydroxyl groups excluding tert-OH is 1. The van der Waals surface area contributed by atoms with E-state index in [1.54, 1.807) is 0 Å². The maximum absolute atomic E-state index is 10.8. The molecular formula is C11H22O4. The van der Waals surface area contributed by atoms with E-state index in [9.17, 15) is 4.79 Å². The van der Waals surface area contributed by atoms with Gasteiger partial charge < -0.3 is 14.6 Å². The average Bonchev–Trinajstić information content (AvgIpc) is 2.21. The Kier molecular flexibility index (Phi) is 9.52. The molecule has 0 bridgehead atoms. The van der Waals surface area contributed by atoms with Gasteiger partial charge in [0.05, 0.1) is 6.61 Å². The van der Waals surface area contributed by atoms with Crippen molar-refractivity contribution in [3.8, 4) is 0 Å². The van der Waals surface area contributed by atoms with Gasteiger partial charge in [0, 0.05) is 6.61 Å². The number of carbonyl (C=O) groups excluding carboxylic acids is 1. The van der Waals surface area contributed by atoms with Gasteiger partial charge in [-0.3, -0.25) is 0 Å². The maximum Gasteiger partial charge on any atom is 0.334 e. The molecule has 0 saturated carbocycles. The first-order valence-corrected chi connectivity index (χ1v) is 5.61. The van der Waals surface area contributed by atoms with Crippen LogP contribution in [0.5, 0.6) is 0 Å². The fraction of sp³-hybridized carbons (Fsp3) is 0.909. The molecule has 0 aliphatic carbocycles. The summed E-state index contributed by atoms with van der Waals surface area (Å²) in [7, 11) is 0. The lowest BCUT2D eigenvalue weighted by atomic mass is 10.2. The van der Waals surface area contributed by atoms with E-state index in [4.69, 9.17) is 14.6 Å². The van der Waals surface area contributed by atoms with Crippen molar-refractivity contribution in [2.75, 3.05) is 19.8 Å². The van der Waals surface area contributed by atoms with Crippen LogP contribution in [0.2, 0.25) is 0 Å². The van der Waals surface area contributed by atoms with Crippen LogP contribution in [-0.4, -0.2) is 37.0 Å². The van der Waals surface area contributed by atoms with E-state index in [0.29, 0.717) is 13.2 Å². The van der Waals surface area contributed by atoms with Crippen molar-refractivity contribution >= 4 is 5.97 Å². The van der Waals surface area contributed by atoms with Crippen LogP contribution in [0.3, 0.4) is 0 Å². The quantitative estimate of drug-likeness (QED) is 0.471. The number of esters is 1. The summed E-state index contributed by atoms with van der Waals surface area (Å²) < 4.78 is 9.97. The number of carbonyl (C=O) groups is 1. The lowest BCUT2D eigenvalue weighted by Crippen LogP contribution is -2.21. The van der Waals surface area contributed by atoms with Crippen LogP contribution in [0.1, 0.15) is 39.5 Å². The Balaban J connectivity index is 3.08. The van der Waals surface area contributed by atoms with Gasteiger partial charge in [0.25, 0.3) is 0 Å². The van der Waals surface area contributed by atoms with Gasteiger partial charge in [-0.1, -0.05) is 26.2 Å². The Morgan fingerprint density at radius 1 is 1.20 bits per heavy atom. The smallest absolute Gasteiger partial charge is 0.334 e. The summed E-state index contributed by atoms with van der Waals surface area (Å²) in [6, 6.07) is 0. The number of aliphatic hydroxyl groups is 1. The van der Waals surface area contributed by atoms with Crippen LogP contribution in [0, 0.1) is 0 Å². The third-order valence-electron chi connectivity index (χ3n) is 1.96. The highest BCUT2D eigenvalue weighted by molar-refractivity contribution is 5.73. The van der Waals surface area contributed by atoms with Crippen LogP contribution >= 0.6 is 0 Å². The molecule has 0 saturated heterocycles. The summed E-state index contributed by atoms with van der Waals surface area (Å²) in [5.41, 5.74) is 0. The Bertz CT molecular complexity index is 157. The van der Waals surface area contributed by atoms with Crippen molar-refractivity contribution in [3.05, 3.63) is 0 Å². The van der Waals surface area contributed by atoms with Crippen LogP contribution in [0.4, 0.5) is 0 Å². The minimum absolute atomic E-state index is 0.220. The zero-order valence-electron chi connectivity index (χ0n) is 9.70. The maximum atomic E-state index is 10.8. The summed E-state index contributed by atoms with van der Waals surface area (Å²) in [6.07, 6.45) is 3.64. The average molecular weight is 218 g/mol. The molecule has 15 heavy (non-hydrogen) atoms. The van der Waals surface area contributed by atoms with E-state index >= 15 is 0 Å². The first kappa shape index (κ1) is 14.4. The zero-order chi connectivity index (χ0) is 11.5. The summed E-state index contributed by atoms with van der Waals surface area (Å²) in [6.45, 7) is 4.89. The predicted octanol–water partition coefficient (Wildman–Crippen LogP) is 1.51. The molecule has 0 amide bonds. The van der Waals surface area contributed by atoms with Crippen LogP contribution in [-0.2, 0) is 14.3 Å². The molecule has 0 heterocycles.